The third kappa shape index (κ3) is 2.06. The zero-order valence-electron chi connectivity index (χ0n) is 8.03. The molecule has 0 aliphatic heterocycles. The molecule has 0 aromatic carbocycles. The van der Waals surface area contributed by atoms with Crippen molar-refractivity contribution in [2.75, 3.05) is 6.61 Å². The fourth-order valence-corrected chi connectivity index (χ4v) is 1.66. The van der Waals surface area contributed by atoms with Crippen LogP contribution in [-0.4, -0.2) is 17.6 Å². The lowest BCUT2D eigenvalue weighted by molar-refractivity contribution is -0.148. The molecule has 0 atom stereocenters. The van der Waals surface area contributed by atoms with Crippen molar-refractivity contribution in [2.45, 2.75) is 26.2 Å². The highest BCUT2D eigenvalue weighted by Gasteiger charge is 2.32. The van der Waals surface area contributed by atoms with Gasteiger partial charge in [0.2, 0.25) is 0 Å². The number of hydrogen-bond acceptors (Lipinski definition) is 4. The molecule has 0 unspecified atom stereocenters. The van der Waals surface area contributed by atoms with Gasteiger partial charge in [0.05, 0.1) is 17.8 Å². The van der Waals surface area contributed by atoms with E-state index < -0.39 is 5.41 Å². The summed E-state index contributed by atoms with van der Waals surface area (Å²) in [4.78, 5) is 15.6. The monoisotopic (exact) mass is 199 g/mol. The van der Waals surface area contributed by atoms with Crippen molar-refractivity contribution in [3.05, 3.63) is 16.6 Å². The summed E-state index contributed by atoms with van der Waals surface area (Å²) in [5, 5.41) is 1.87. The van der Waals surface area contributed by atoms with E-state index in [-0.39, 0.29) is 5.97 Å². The topological polar surface area (TPSA) is 39.2 Å². The van der Waals surface area contributed by atoms with Crippen LogP contribution in [0.2, 0.25) is 0 Å². The maximum Gasteiger partial charge on any atom is 0.317 e. The van der Waals surface area contributed by atoms with E-state index in [9.17, 15) is 4.79 Å². The van der Waals surface area contributed by atoms with Crippen molar-refractivity contribution in [2.24, 2.45) is 0 Å². The first-order valence-electron chi connectivity index (χ1n) is 4.15. The molecule has 0 saturated heterocycles. The molecule has 1 rings (SSSR count). The quantitative estimate of drug-likeness (QED) is 0.699. The van der Waals surface area contributed by atoms with Crippen molar-refractivity contribution in [1.82, 2.24) is 4.98 Å². The lowest BCUT2D eigenvalue weighted by Gasteiger charge is -2.19. The van der Waals surface area contributed by atoms with Crippen LogP contribution in [0.4, 0.5) is 0 Å². The molecule has 0 N–H and O–H groups in total. The number of nitrogens with zero attached hydrogens (tertiary/aromatic N) is 1. The summed E-state index contributed by atoms with van der Waals surface area (Å²) < 4.78 is 4.96. The molecule has 4 heteroatoms. The molecule has 0 bridgehead atoms. The van der Waals surface area contributed by atoms with Crippen LogP contribution in [0.15, 0.2) is 10.9 Å². The Morgan fingerprint density at radius 3 is 2.85 bits per heavy atom. The predicted molar refractivity (Wildman–Crippen MR) is 51.8 cm³/mol. The van der Waals surface area contributed by atoms with Crippen molar-refractivity contribution in [3.8, 4) is 0 Å². The van der Waals surface area contributed by atoms with Crippen molar-refractivity contribution >= 4 is 17.3 Å². The van der Waals surface area contributed by atoms with Crippen molar-refractivity contribution < 1.29 is 9.53 Å². The van der Waals surface area contributed by atoms with Crippen molar-refractivity contribution in [1.29, 1.82) is 0 Å². The molecule has 1 heterocycles. The third-order valence-electron chi connectivity index (χ3n) is 1.86. The van der Waals surface area contributed by atoms with Crippen LogP contribution in [0.25, 0.3) is 0 Å². The Bertz CT molecular complexity index is 280. The minimum atomic E-state index is -0.629. The Morgan fingerprint density at radius 1 is 1.69 bits per heavy atom. The smallest absolute Gasteiger partial charge is 0.317 e. The lowest BCUT2D eigenvalue weighted by atomic mass is 9.90. The van der Waals surface area contributed by atoms with Gasteiger partial charge in [0, 0.05) is 5.38 Å². The SMILES string of the molecule is CCOC(=O)C(C)(C)c1cscn1. The number of carbonyl (C=O) groups is 1. The number of hydrogen-bond donors (Lipinski definition) is 0. The molecule has 1 aromatic heterocycles. The first-order valence-corrected chi connectivity index (χ1v) is 5.09. The molecular formula is C9H13NO2S. The summed E-state index contributed by atoms with van der Waals surface area (Å²) in [5.74, 6) is -0.221. The molecule has 0 spiro atoms. The fourth-order valence-electron chi connectivity index (χ4n) is 0.937. The lowest BCUT2D eigenvalue weighted by Crippen LogP contribution is -2.31. The van der Waals surface area contributed by atoms with E-state index in [4.69, 9.17) is 4.74 Å². The summed E-state index contributed by atoms with van der Waals surface area (Å²) in [6.45, 7) is 5.85. The van der Waals surface area contributed by atoms with E-state index in [1.807, 2.05) is 19.2 Å². The molecule has 0 aliphatic rings. The molecule has 1 aromatic rings. The van der Waals surface area contributed by atoms with Crippen molar-refractivity contribution in [3.63, 3.8) is 0 Å². The number of esters is 1. The maximum absolute atomic E-state index is 11.5. The van der Waals surface area contributed by atoms with E-state index >= 15 is 0 Å². The average Bonchev–Trinajstić information content (AvgIpc) is 2.56. The highest BCUT2D eigenvalue weighted by Crippen LogP contribution is 2.24. The Morgan fingerprint density at radius 2 is 2.38 bits per heavy atom. The van der Waals surface area contributed by atoms with Gasteiger partial charge in [-0.15, -0.1) is 11.3 Å². The molecule has 0 radical (unpaired) electrons. The molecule has 0 saturated carbocycles. The van der Waals surface area contributed by atoms with Gasteiger partial charge in [-0.3, -0.25) is 4.79 Å². The predicted octanol–water partition coefficient (Wildman–Crippen LogP) is 1.98. The van der Waals surface area contributed by atoms with Crippen LogP contribution in [0.5, 0.6) is 0 Å². The van der Waals surface area contributed by atoms with Gasteiger partial charge >= 0.3 is 5.97 Å². The van der Waals surface area contributed by atoms with E-state index in [0.29, 0.717) is 6.61 Å². The number of carbonyl (C=O) groups excluding carboxylic acids is 1. The zero-order chi connectivity index (χ0) is 9.90. The van der Waals surface area contributed by atoms with Gasteiger partial charge in [-0.05, 0) is 20.8 Å². The second kappa shape index (κ2) is 3.87. The second-order valence-corrected chi connectivity index (χ2v) is 3.94. The van der Waals surface area contributed by atoms with Gasteiger partial charge in [-0.25, -0.2) is 4.98 Å². The third-order valence-corrected chi connectivity index (χ3v) is 2.44. The maximum atomic E-state index is 11.5. The first-order chi connectivity index (χ1) is 6.09. The Kier molecular flexibility index (Phi) is 3.03. The Labute approximate surface area is 81.8 Å². The van der Waals surface area contributed by atoms with Gasteiger partial charge in [0.25, 0.3) is 0 Å². The molecule has 13 heavy (non-hydrogen) atoms. The highest BCUT2D eigenvalue weighted by molar-refractivity contribution is 7.07. The van der Waals surface area contributed by atoms with E-state index in [1.54, 1.807) is 12.4 Å². The van der Waals surface area contributed by atoms with Gasteiger partial charge in [0.1, 0.15) is 5.41 Å². The van der Waals surface area contributed by atoms with Gasteiger partial charge in [-0.2, -0.15) is 0 Å². The largest absolute Gasteiger partial charge is 0.465 e. The van der Waals surface area contributed by atoms with Crippen LogP contribution in [-0.2, 0) is 14.9 Å². The number of ether oxygens (including phenoxy) is 1. The van der Waals surface area contributed by atoms with Gasteiger partial charge in [-0.1, -0.05) is 0 Å². The Hall–Kier alpha value is -0.900. The summed E-state index contributed by atoms with van der Waals surface area (Å²) in [6.07, 6.45) is 0. The van der Waals surface area contributed by atoms with E-state index in [1.165, 1.54) is 11.3 Å². The van der Waals surface area contributed by atoms with Crippen LogP contribution in [0.1, 0.15) is 26.5 Å². The number of rotatable bonds is 3. The summed E-state index contributed by atoms with van der Waals surface area (Å²) in [7, 11) is 0. The summed E-state index contributed by atoms with van der Waals surface area (Å²) >= 11 is 1.48. The minimum Gasteiger partial charge on any atom is -0.465 e. The summed E-state index contributed by atoms with van der Waals surface area (Å²) in [6, 6.07) is 0. The van der Waals surface area contributed by atoms with E-state index in [2.05, 4.69) is 4.98 Å². The zero-order valence-corrected chi connectivity index (χ0v) is 8.85. The molecule has 0 fully saturated rings. The number of aromatic nitrogens is 1. The van der Waals surface area contributed by atoms with E-state index in [0.717, 1.165) is 5.69 Å². The molecule has 0 amide bonds. The molecule has 3 nitrogen and oxygen atoms in total. The van der Waals surface area contributed by atoms with Gasteiger partial charge < -0.3 is 4.74 Å². The fraction of sp³-hybridized carbons (Fsp3) is 0.556. The van der Waals surface area contributed by atoms with Crippen LogP contribution in [0, 0.1) is 0 Å². The second-order valence-electron chi connectivity index (χ2n) is 3.22. The number of thiazole rings is 1. The summed E-state index contributed by atoms with van der Waals surface area (Å²) in [5.41, 5.74) is 1.86. The average molecular weight is 199 g/mol. The minimum absolute atomic E-state index is 0.221. The standard InChI is InChI=1S/C9H13NO2S/c1-4-12-8(11)9(2,3)7-5-13-6-10-7/h5-6H,4H2,1-3H3. The highest BCUT2D eigenvalue weighted by atomic mass is 32.1. The molecule has 0 aliphatic carbocycles. The van der Waals surface area contributed by atoms with Crippen LogP contribution < -0.4 is 0 Å². The molecule has 72 valence electrons. The first kappa shape index (κ1) is 10.2. The van der Waals surface area contributed by atoms with Gasteiger partial charge in [0.15, 0.2) is 0 Å². The normalized spacial score (nSPS) is 11.3. The van der Waals surface area contributed by atoms with Crippen LogP contribution >= 0.6 is 11.3 Å². The molecular weight excluding hydrogens is 186 g/mol. The van der Waals surface area contributed by atoms with Crippen LogP contribution in [0.3, 0.4) is 0 Å². The Balaban J connectivity index is 2.82.